The molecule has 0 saturated heterocycles. The van der Waals surface area contributed by atoms with E-state index in [0.29, 0.717) is 11.1 Å². The molecule has 4 nitrogen and oxygen atoms in total. The molecule has 0 fully saturated rings. The minimum absolute atomic E-state index is 0.0239. The highest BCUT2D eigenvalue weighted by atomic mass is 35.5. The topological polar surface area (TPSA) is 69.6 Å². The number of aliphatic hydroxyl groups excluding tert-OH is 1. The summed E-state index contributed by atoms with van der Waals surface area (Å²) in [5, 5.41) is 22.1. The number of phenols is 1. The second kappa shape index (κ2) is 7.44. The summed E-state index contributed by atoms with van der Waals surface area (Å²) in [5.74, 6) is -0.793. The minimum atomic E-state index is -1.03. The van der Waals surface area contributed by atoms with Gasteiger partial charge in [0.1, 0.15) is 11.6 Å². The number of aromatic hydroxyl groups is 1. The first-order valence-electron chi connectivity index (χ1n) is 7.05. The van der Waals surface area contributed by atoms with Crippen LogP contribution in [0.4, 0.5) is 4.39 Å². The summed E-state index contributed by atoms with van der Waals surface area (Å²) in [5.41, 5.74) is 1.73. The van der Waals surface area contributed by atoms with Gasteiger partial charge in [-0.05, 0) is 41.8 Å². The third-order valence-electron chi connectivity index (χ3n) is 3.46. The van der Waals surface area contributed by atoms with Crippen LogP contribution in [0.25, 0.3) is 0 Å². The van der Waals surface area contributed by atoms with Crippen molar-refractivity contribution in [3.05, 3.63) is 63.9 Å². The highest BCUT2D eigenvalue weighted by Gasteiger charge is 2.12. The number of aryl methyl sites for hydroxylation is 1. The third-order valence-corrected chi connectivity index (χ3v) is 3.77. The number of carbonyl (C=O) groups is 1. The van der Waals surface area contributed by atoms with Gasteiger partial charge < -0.3 is 15.5 Å². The van der Waals surface area contributed by atoms with Gasteiger partial charge >= 0.3 is 0 Å². The van der Waals surface area contributed by atoms with Crippen LogP contribution in [0.5, 0.6) is 5.75 Å². The molecular weight excluding hydrogens is 321 g/mol. The number of rotatable bonds is 5. The number of hydrogen-bond donors (Lipinski definition) is 3. The van der Waals surface area contributed by atoms with Crippen molar-refractivity contribution in [1.82, 2.24) is 5.32 Å². The Morgan fingerprint density at radius 1 is 1.30 bits per heavy atom. The summed E-state index contributed by atoms with van der Waals surface area (Å²) in [6, 6.07) is 8.99. The third kappa shape index (κ3) is 4.68. The van der Waals surface area contributed by atoms with Crippen LogP contribution in [-0.2, 0) is 11.2 Å². The summed E-state index contributed by atoms with van der Waals surface area (Å²) in [6.07, 6.45) is -0.952. The summed E-state index contributed by atoms with van der Waals surface area (Å²) in [4.78, 5) is 11.9. The van der Waals surface area contributed by atoms with Crippen LogP contribution in [0.15, 0.2) is 36.4 Å². The summed E-state index contributed by atoms with van der Waals surface area (Å²) >= 11 is 5.58. The first-order valence-corrected chi connectivity index (χ1v) is 7.43. The molecule has 6 heteroatoms. The van der Waals surface area contributed by atoms with Gasteiger partial charge in [0.25, 0.3) is 0 Å². The van der Waals surface area contributed by atoms with Crippen LogP contribution in [0.3, 0.4) is 0 Å². The molecule has 2 aromatic carbocycles. The predicted octanol–water partition coefficient (Wildman–Crippen LogP) is 2.89. The predicted molar refractivity (Wildman–Crippen MR) is 85.9 cm³/mol. The molecule has 2 rings (SSSR count). The highest BCUT2D eigenvalue weighted by Crippen LogP contribution is 2.20. The fraction of sp³-hybridized carbons (Fsp3) is 0.235. The number of hydrogen-bond acceptors (Lipinski definition) is 3. The Morgan fingerprint density at radius 2 is 2.04 bits per heavy atom. The normalized spacial score (nSPS) is 12.0. The van der Waals surface area contributed by atoms with E-state index in [1.807, 2.05) is 0 Å². The van der Waals surface area contributed by atoms with Crippen molar-refractivity contribution in [1.29, 1.82) is 0 Å². The number of phenolic OH excluding ortho intramolecular Hbond substituents is 1. The van der Waals surface area contributed by atoms with E-state index in [1.165, 1.54) is 18.2 Å². The SMILES string of the molecule is Cc1ccc(CC(=O)NCC(O)c2ccc(Cl)c(F)c2)cc1O. The summed E-state index contributed by atoms with van der Waals surface area (Å²) in [6.45, 7) is 1.72. The Bertz CT molecular complexity index is 721. The quantitative estimate of drug-likeness (QED) is 0.785. The fourth-order valence-electron chi connectivity index (χ4n) is 2.06. The van der Waals surface area contributed by atoms with E-state index in [9.17, 15) is 19.4 Å². The molecule has 0 heterocycles. The Labute approximate surface area is 138 Å². The van der Waals surface area contributed by atoms with Crippen LogP contribution in [-0.4, -0.2) is 22.7 Å². The van der Waals surface area contributed by atoms with E-state index in [-0.39, 0.29) is 29.6 Å². The molecule has 3 N–H and O–H groups in total. The second-order valence-electron chi connectivity index (χ2n) is 5.29. The van der Waals surface area contributed by atoms with Gasteiger partial charge in [0, 0.05) is 6.54 Å². The Morgan fingerprint density at radius 3 is 2.70 bits per heavy atom. The number of halogens is 2. The molecule has 1 atom stereocenters. The second-order valence-corrected chi connectivity index (χ2v) is 5.70. The zero-order valence-electron chi connectivity index (χ0n) is 12.5. The fourth-order valence-corrected chi connectivity index (χ4v) is 2.18. The Balaban J connectivity index is 1.90. The number of benzene rings is 2. The van der Waals surface area contributed by atoms with Gasteiger partial charge in [-0.2, -0.15) is 0 Å². The zero-order chi connectivity index (χ0) is 17.0. The average Bonchev–Trinajstić information content (AvgIpc) is 2.51. The highest BCUT2D eigenvalue weighted by molar-refractivity contribution is 6.30. The van der Waals surface area contributed by atoms with Crippen molar-refractivity contribution in [3.8, 4) is 5.75 Å². The van der Waals surface area contributed by atoms with Crippen LogP contribution >= 0.6 is 11.6 Å². The molecule has 0 aliphatic heterocycles. The molecule has 0 saturated carbocycles. The number of carbonyl (C=O) groups excluding carboxylic acids is 1. The molecular formula is C17H17ClFNO3. The van der Waals surface area contributed by atoms with Crippen LogP contribution < -0.4 is 5.32 Å². The lowest BCUT2D eigenvalue weighted by Gasteiger charge is -2.13. The van der Waals surface area contributed by atoms with Crippen molar-refractivity contribution >= 4 is 17.5 Å². The molecule has 0 spiro atoms. The first-order chi connectivity index (χ1) is 10.9. The van der Waals surface area contributed by atoms with Crippen molar-refractivity contribution < 1.29 is 19.4 Å². The summed E-state index contributed by atoms with van der Waals surface area (Å²) in [7, 11) is 0. The van der Waals surface area contributed by atoms with Gasteiger partial charge in [-0.3, -0.25) is 4.79 Å². The lowest BCUT2D eigenvalue weighted by Crippen LogP contribution is -2.29. The average molecular weight is 338 g/mol. The van der Waals surface area contributed by atoms with Crippen molar-refractivity contribution in [2.45, 2.75) is 19.4 Å². The van der Waals surface area contributed by atoms with Gasteiger partial charge in [0.05, 0.1) is 17.5 Å². The number of amides is 1. The molecule has 23 heavy (non-hydrogen) atoms. The van der Waals surface area contributed by atoms with Crippen LogP contribution in [0.2, 0.25) is 5.02 Å². The van der Waals surface area contributed by atoms with E-state index in [0.717, 1.165) is 11.6 Å². The van der Waals surface area contributed by atoms with Gasteiger partial charge in [-0.25, -0.2) is 4.39 Å². The van der Waals surface area contributed by atoms with Gasteiger partial charge in [-0.15, -0.1) is 0 Å². The van der Waals surface area contributed by atoms with Crippen LogP contribution in [0, 0.1) is 12.7 Å². The van der Waals surface area contributed by atoms with Crippen molar-refractivity contribution in [2.24, 2.45) is 0 Å². The van der Waals surface area contributed by atoms with Crippen molar-refractivity contribution in [2.75, 3.05) is 6.54 Å². The minimum Gasteiger partial charge on any atom is -0.508 e. The first kappa shape index (κ1) is 17.2. The maximum absolute atomic E-state index is 13.3. The smallest absolute Gasteiger partial charge is 0.224 e. The Hall–Kier alpha value is -2.11. The molecule has 0 aliphatic rings. The molecule has 0 radical (unpaired) electrons. The molecule has 2 aromatic rings. The molecule has 1 amide bonds. The molecule has 0 bridgehead atoms. The molecule has 0 aliphatic carbocycles. The lowest BCUT2D eigenvalue weighted by molar-refractivity contribution is -0.120. The maximum Gasteiger partial charge on any atom is 0.224 e. The number of nitrogens with one attached hydrogen (secondary N) is 1. The van der Waals surface area contributed by atoms with E-state index in [2.05, 4.69) is 5.32 Å². The van der Waals surface area contributed by atoms with Gasteiger partial charge in [-0.1, -0.05) is 29.8 Å². The Kier molecular flexibility index (Phi) is 5.58. The van der Waals surface area contributed by atoms with Crippen LogP contribution in [0.1, 0.15) is 22.8 Å². The summed E-state index contributed by atoms with van der Waals surface area (Å²) < 4.78 is 13.3. The molecule has 0 aromatic heterocycles. The van der Waals surface area contributed by atoms with Crippen molar-refractivity contribution in [3.63, 3.8) is 0 Å². The zero-order valence-corrected chi connectivity index (χ0v) is 13.3. The van der Waals surface area contributed by atoms with E-state index >= 15 is 0 Å². The van der Waals surface area contributed by atoms with Gasteiger partial charge in [0.15, 0.2) is 0 Å². The maximum atomic E-state index is 13.3. The standard InChI is InChI=1S/C17H17ClFNO3/c1-10-2-3-11(6-15(10)21)7-17(23)20-9-16(22)12-4-5-13(18)14(19)8-12/h2-6,8,16,21-22H,7,9H2,1H3,(H,20,23). The largest absolute Gasteiger partial charge is 0.508 e. The lowest BCUT2D eigenvalue weighted by atomic mass is 10.1. The molecule has 122 valence electrons. The number of aliphatic hydroxyl groups is 1. The molecule has 1 unspecified atom stereocenters. The van der Waals surface area contributed by atoms with E-state index < -0.39 is 11.9 Å². The van der Waals surface area contributed by atoms with E-state index in [1.54, 1.807) is 19.1 Å². The monoisotopic (exact) mass is 337 g/mol. The van der Waals surface area contributed by atoms with E-state index in [4.69, 9.17) is 11.6 Å². The van der Waals surface area contributed by atoms with Gasteiger partial charge in [0.2, 0.25) is 5.91 Å².